The number of nitrogens with zero attached hydrogens (tertiary/aromatic N) is 4. The highest BCUT2D eigenvalue weighted by Crippen LogP contribution is 2.20. The van der Waals surface area contributed by atoms with E-state index in [2.05, 4.69) is 10.1 Å². The molecule has 7 heteroatoms. The first-order chi connectivity index (χ1) is 16.1. The van der Waals surface area contributed by atoms with E-state index in [1.54, 1.807) is 29.3 Å². The number of hydrogen-bond acceptors (Lipinski definition) is 5. The third-order valence-corrected chi connectivity index (χ3v) is 5.02. The van der Waals surface area contributed by atoms with Crippen molar-refractivity contribution in [2.24, 2.45) is 0 Å². The molecule has 0 radical (unpaired) electrons. The van der Waals surface area contributed by atoms with Gasteiger partial charge in [0.2, 0.25) is 5.91 Å². The van der Waals surface area contributed by atoms with Gasteiger partial charge in [-0.25, -0.2) is 9.67 Å². The number of aromatic nitrogens is 3. The molecule has 2 heterocycles. The van der Waals surface area contributed by atoms with Crippen LogP contribution >= 0.6 is 0 Å². The molecular formula is C26H24N4O3. The van der Waals surface area contributed by atoms with Crippen molar-refractivity contribution in [3.63, 3.8) is 0 Å². The molecule has 0 saturated heterocycles. The number of rotatable bonds is 8. The van der Waals surface area contributed by atoms with Crippen LogP contribution in [0.5, 0.6) is 5.75 Å². The molecule has 2 aromatic carbocycles. The van der Waals surface area contributed by atoms with E-state index < -0.39 is 0 Å². The number of benzene rings is 2. The van der Waals surface area contributed by atoms with Gasteiger partial charge in [-0.1, -0.05) is 36.4 Å². The molecule has 0 N–H and O–H groups in total. The van der Waals surface area contributed by atoms with Crippen LogP contribution in [0.4, 0.5) is 5.82 Å². The molecule has 0 fully saturated rings. The monoisotopic (exact) mass is 440 g/mol. The number of carbonyl (C=O) groups excluding carboxylic acids is 1. The van der Waals surface area contributed by atoms with Crippen LogP contribution in [-0.2, 0) is 17.9 Å². The summed E-state index contributed by atoms with van der Waals surface area (Å²) in [7, 11) is 0. The number of hydrogen-bond donors (Lipinski definition) is 0. The highest BCUT2D eigenvalue weighted by atomic mass is 16.5. The van der Waals surface area contributed by atoms with Crippen molar-refractivity contribution in [3.05, 3.63) is 107 Å². The summed E-state index contributed by atoms with van der Waals surface area (Å²) >= 11 is 0. The topological polar surface area (TPSA) is 77.3 Å². The fourth-order valence-electron chi connectivity index (χ4n) is 3.39. The predicted molar refractivity (Wildman–Crippen MR) is 127 cm³/mol. The van der Waals surface area contributed by atoms with Gasteiger partial charge in [-0.2, -0.15) is 5.10 Å². The second kappa shape index (κ2) is 10.4. The fourth-order valence-corrected chi connectivity index (χ4v) is 3.39. The van der Waals surface area contributed by atoms with E-state index in [0.29, 0.717) is 24.7 Å². The van der Waals surface area contributed by atoms with Crippen molar-refractivity contribution in [3.8, 4) is 17.0 Å². The SMILES string of the molecule is CCOc1ccc(-c2ccc(=O)n(CC(=O)N(Cc3ccccc3)c3ccccn3)n2)cc1. The van der Waals surface area contributed by atoms with Gasteiger partial charge in [0.15, 0.2) is 0 Å². The molecular weight excluding hydrogens is 416 g/mol. The van der Waals surface area contributed by atoms with Crippen LogP contribution in [0.3, 0.4) is 0 Å². The Morgan fingerprint density at radius 1 is 0.939 bits per heavy atom. The minimum atomic E-state index is -0.348. The minimum Gasteiger partial charge on any atom is -0.494 e. The molecule has 33 heavy (non-hydrogen) atoms. The maximum absolute atomic E-state index is 13.3. The zero-order valence-corrected chi connectivity index (χ0v) is 18.3. The van der Waals surface area contributed by atoms with Gasteiger partial charge in [0.25, 0.3) is 5.56 Å². The van der Waals surface area contributed by atoms with E-state index in [-0.39, 0.29) is 18.0 Å². The Labute approximate surface area is 191 Å². The van der Waals surface area contributed by atoms with Gasteiger partial charge < -0.3 is 4.74 Å². The lowest BCUT2D eigenvalue weighted by Gasteiger charge is -2.22. The molecule has 0 atom stereocenters. The molecule has 2 aromatic heterocycles. The van der Waals surface area contributed by atoms with Crippen LogP contribution in [0.15, 0.2) is 95.9 Å². The lowest BCUT2D eigenvalue weighted by atomic mass is 10.1. The average molecular weight is 441 g/mol. The Kier molecular flexibility index (Phi) is 6.90. The number of pyridine rings is 1. The Bertz CT molecular complexity index is 1260. The number of carbonyl (C=O) groups is 1. The Morgan fingerprint density at radius 3 is 2.39 bits per heavy atom. The van der Waals surface area contributed by atoms with Crippen LogP contribution in [-0.4, -0.2) is 27.3 Å². The van der Waals surface area contributed by atoms with E-state index in [9.17, 15) is 9.59 Å². The summed E-state index contributed by atoms with van der Waals surface area (Å²) in [5.41, 5.74) is 2.03. The van der Waals surface area contributed by atoms with Gasteiger partial charge in [-0.05, 0) is 55.0 Å². The standard InChI is InChI=1S/C26H24N4O3/c1-2-33-22-13-11-21(12-14-22)23-15-16-25(31)30(28-23)19-26(32)29(24-10-6-7-17-27-24)18-20-8-4-3-5-9-20/h3-17H,2,18-19H2,1H3. The summed E-state index contributed by atoms with van der Waals surface area (Å²) < 4.78 is 6.67. The van der Waals surface area contributed by atoms with Crippen molar-refractivity contribution in [1.29, 1.82) is 0 Å². The quantitative estimate of drug-likeness (QED) is 0.415. The summed E-state index contributed by atoms with van der Waals surface area (Å²) in [5, 5.41) is 4.44. The van der Waals surface area contributed by atoms with Crippen LogP contribution in [0.25, 0.3) is 11.3 Å². The van der Waals surface area contributed by atoms with Crippen molar-refractivity contribution in [1.82, 2.24) is 14.8 Å². The molecule has 1 amide bonds. The first kappa shape index (κ1) is 22.0. The maximum Gasteiger partial charge on any atom is 0.267 e. The normalized spacial score (nSPS) is 10.6. The lowest BCUT2D eigenvalue weighted by Crippen LogP contribution is -2.37. The number of ether oxygens (including phenoxy) is 1. The van der Waals surface area contributed by atoms with E-state index in [4.69, 9.17) is 4.74 Å². The third kappa shape index (κ3) is 5.51. The zero-order chi connectivity index (χ0) is 23.0. The Balaban J connectivity index is 1.60. The Morgan fingerprint density at radius 2 is 1.70 bits per heavy atom. The highest BCUT2D eigenvalue weighted by Gasteiger charge is 2.19. The fraction of sp³-hybridized carbons (Fsp3) is 0.154. The molecule has 7 nitrogen and oxygen atoms in total. The average Bonchev–Trinajstić information content (AvgIpc) is 2.86. The third-order valence-electron chi connectivity index (χ3n) is 5.02. The van der Waals surface area contributed by atoms with Gasteiger partial charge in [0.1, 0.15) is 18.1 Å². The van der Waals surface area contributed by atoms with E-state index in [0.717, 1.165) is 16.9 Å². The van der Waals surface area contributed by atoms with E-state index >= 15 is 0 Å². The largest absolute Gasteiger partial charge is 0.494 e. The molecule has 0 aliphatic rings. The summed E-state index contributed by atoms with van der Waals surface area (Å²) in [4.78, 5) is 31.7. The van der Waals surface area contributed by atoms with E-state index in [1.165, 1.54) is 10.7 Å². The molecule has 4 rings (SSSR count). The van der Waals surface area contributed by atoms with Crippen molar-refractivity contribution < 1.29 is 9.53 Å². The molecule has 0 saturated carbocycles. The summed E-state index contributed by atoms with van der Waals surface area (Å²) in [6, 6.07) is 25.6. The molecule has 4 aromatic rings. The van der Waals surface area contributed by atoms with Gasteiger partial charge in [0.05, 0.1) is 18.8 Å². The van der Waals surface area contributed by atoms with Crippen LogP contribution in [0.2, 0.25) is 0 Å². The van der Waals surface area contributed by atoms with Gasteiger partial charge in [-0.15, -0.1) is 0 Å². The second-order valence-corrected chi connectivity index (χ2v) is 7.33. The smallest absolute Gasteiger partial charge is 0.267 e. The van der Waals surface area contributed by atoms with Crippen molar-refractivity contribution in [2.75, 3.05) is 11.5 Å². The second-order valence-electron chi connectivity index (χ2n) is 7.33. The molecule has 0 aliphatic carbocycles. The van der Waals surface area contributed by atoms with Crippen molar-refractivity contribution in [2.45, 2.75) is 20.0 Å². The first-order valence-corrected chi connectivity index (χ1v) is 10.7. The molecule has 0 spiro atoms. The van der Waals surface area contributed by atoms with Crippen molar-refractivity contribution >= 4 is 11.7 Å². The highest BCUT2D eigenvalue weighted by molar-refractivity contribution is 5.92. The van der Waals surface area contributed by atoms with E-state index in [1.807, 2.05) is 67.6 Å². The minimum absolute atomic E-state index is 0.201. The summed E-state index contributed by atoms with van der Waals surface area (Å²) in [6.07, 6.45) is 1.64. The molecule has 0 unspecified atom stereocenters. The maximum atomic E-state index is 13.3. The van der Waals surface area contributed by atoms with Gasteiger partial charge >= 0.3 is 0 Å². The van der Waals surface area contributed by atoms with Crippen LogP contribution in [0.1, 0.15) is 12.5 Å². The lowest BCUT2D eigenvalue weighted by molar-refractivity contribution is -0.119. The first-order valence-electron chi connectivity index (χ1n) is 10.7. The van der Waals surface area contributed by atoms with Crippen LogP contribution in [0, 0.1) is 0 Å². The Hall–Kier alpha value is -4.26. The molecule has 0 bridgehead atoms. The number of amides is 1. The van der Waals surface area contributed by atoms with Crippen LogP contribution < -0.4 is 15.2 Å². The predicted octanol–water partition coefficient (Wildman–Crippen LogP) is 3.94. The number of anilines is 1. The molecule has 0 aliphatic heterocycles. The summed E-state index contributed by atoms with van der Waals surface area (Å²) in [6.45, 7) is 2.64. The summed E-state index contributed by atoms with van der Waals surface area (Å²) in [5.74, 6) is 0.995. The van der Waals surface area contributed by atoms with Gasteiger partial charge in [0, 0.05) is 17.8 Å². The van der Waals surface area contributed by atoms with Gasteiger partial charge in [-0.3, -0.25) is 14.5 Å². The molecule has 166 valence electrons. The zero-order valence-electron chi connectivity index (χ0n) is 18.3.